The number of hydrogen-bond acceptors (Lipinski definition) is 4. The lowest BCUT2D eigenvalue weighted by molar-refractivity contribution is -0.116. The second-order valence-corrected chi connectivity index (χ2v) is 6.86. The minimum atomic E-state index is -0.216. The molecule has 0 saturated carbocycles. The third-order valence-corrected chi connectivity index (χ3v) is 4.53. The van der Waals surface area contributed by atoms with Crippen molar-refractivity contribution in [3.8, 4) is 5.75 Å². The highest BCUT2D eigenvalue weighted by atomic mass is 16.3. The number of anilines is 1. The number of carbonyl (C=O) groups excluding carboxylic acids is 2. The molecule has 0 aliphatic rings. The minimum Gasteiger partial charge on any atom is -0.506 e. The molecule has 0 radical (unpaired) electrons. The number of phenols is 1. The molecule has 3 N–H and O–H groups in total. The van der Waals surface area contributed by atoms with Crippen molar-refractivity contribution >= 4 is 23.1 Å². The molecule has 0 atom stereocenters. The van der Waals surface area contributed by atoms with Gasteiger partial charge in [0.1, 0.15) is 17.1 Å². The van der Waals surface area contributed by atoms with Crippen LogP contribution in [0.3, 0.4) is 0 Å². The first-order valence-corrected chi connectivity index (χ1v) is 9.18. The van der Waals surface area contributed by atoms with Gasteiger partial charge in [0, 0.05) is 19.2 Å². The van der Waals surface area contributed by atoms with Crippen LogP contribution in [0.25, 0.3) is 5.65 Å². The summed E-state index contributed by atoms with van der Waals surface area (Å²) in [6.45, 7) is 5.99. The van der Waals surface area contributed by atoms with E-state index >= 15 is 0 Å². The second kappa shape index (κ2) is 8.12. The SMILES string of the molecule is Cc1ccc(NC(=O)CCCNC(=O)c2c(C)nc3c(C)cccn23)c(O)c1. The molecule has 2 aromatic heterocycles. The van der Waals surface area contributed by atoms with E-state index < -0.39 is 0 Å². The molecule has 0 aliphatic heterocycles. The standard InChI is InChI=1S/C21H24N4O3/c1-13-8-9-16(17(26)12-13)24-18(27)7-4-10-22-21(28)19-15(3)23-20-14(2)6-5-11-25(19)20/h5-6,8-9,11-12,26H,4,7,10H2,1-3H3,(H,22,28)(H,24,27). The normalized spacial score (nSPS) is 10.8. The molecule has 0 spiro atoms. The molecule has 2 amide bonds. The predicted octanol–water partition coefficient (Wildman–Crippen LogP) is 3.11. The van der Waals surface area contributed by atoms with Gasteiger partial charge in [0.05, 0.1) is 11.4 Å². The van der Waals surface area contributed by atoms with Gasteiger partial charge in [-0.1, -0.05) is 12.1 Å². The Kier molecular flexibility index (Phi) is 5.63. The van der Waals surface area contributed by atoms with Crippen molar-refractivity contribution < 1.29 is 14.7 Å². The number of nitrogens with one attached hydrogen (secondary N) is 2. The molecule has 3 rings (SSSR count). The van der Waals surface area contributed by atoms with Crippen molar-refractivity contribution in [1.29, 1.82) is 0 Å². The lowest BCUT2D eigenvalue weighted by atomic mass is 10.2. The van der Waals surface area contributed by atoms with Crippen molar-refractivity contribution in [1.82, 2.24) is 14.7 Å². The van der Waals surface area contributed by atoms with Crippen molar-refractivity contribution in [2.24, 2.45) is 0 Å². The quantitative estimate of drug-likeness (QED) is 0.452. The Balaban J connectivity index is 1.53. The van der Waals surface area contributed by atoms with Crippen LogP contribution in [0.2, 0.25) is 0 Å². The third kappa shape index (κ3) is 4.14. The van der Waals surface area contributed by atoms with Gasteiger partial charge in [-0.15, -0.1) is 0 Å². The van der Waals surface area contributed by atoms with E-state index in [2.05, 4.69) is 15.6 Å². The van der Waals surface area contributed by atoms with Crippen LogP contribution in [-0.4, -0.2) is 32.9 Å². The monoisotopic (exact) mass is 380 g/mol. The fourth-order valence-corrected chi connectivity index (χ4v) is 3.09. The number of benzene rings is 1. The highest BCUT2D eigenvalue weighted by Crippen LogP contribution is 2.24. The van der Waals surface area contributed by atoms with Crippen LogP contribution in [0, 0.1) is 20.8 Å². The first-order valence-electron chi connectivity index (χ1n) is 9.18. The maximum absolute atomic E-state index is 12.6. The number of imidazole rings is 1. The summed E-state index contributed by atoms with van der Waals surface area (Å²) < 4.78 is 1.78. The summed E-state index contributed by atoms with van der Waals surface area (Å²) in [4.78, 5) is 29.1. The van der Waals surface area contributed by atoms with Crippen LogP contribution >= 0.6 is 0 Å². The van der Waals surface area contributed by atoms with E-state index in [1.54, 1.807) is 16.5 Å². The van der Waals surface area contributed by atoms with E-state index in [1.165, 1.54) is 0 Å². The third-order valence-electron chi connectivity index (χ3n) is 4.53. The van der Waals surface area contributed by atoms with Crippen molar-refractivity contribution in [3.63, 3.8) is 0 Å². The summed E-state index contributed by atoms with van der Waals surface area (Å²) in [6, 6.07) is 8.91. The van der Waals surface area contributed by atoms with E-state index in [0.29, 0.717) is 30.0 Å². The smallest absolute Gasteiger partial charge is 0.270 e. The first-order chi connectivity index (χ1) is 13.4. The number of aryl methyl sites for hydroxylation is 3. The molecule has 0 fully saturated rings. The van der Waals surface area contributed by atoms with E-state index in [9.17, 15) is 14.7 Å². The Hall–Kier alpha value is -3.35. The second-order valence-electron chi connectivity index (χ2n) is 6.86. The molecule has 0 saturated heterocycles. The van der Waals surface area contributed by atoms with E-state index in [4.69, 9.17) is 0 Å². The van der Waals surface area contributed by atoms with Crippen LogP contribution in [0.1, 0.15) is 40.2 Å². The summed E-state index contributed by atoms with van der Waals surface area (Å²) >= 11 is 0. The van der Waals surface area contributed by atoms with Crippen molar-refractivity contribution in [2.45, 2.75) is 33.6 Å². The topological polar surface area (TPSA) is 95.7 Å². The number of nitrogens with zero attached hydrogens (tertiary/aromatic N) is 2. The average Bonchev–Trinajstić information content (AvgIpc) is 2.98. The molecule has 146 valence electrons. The molecule has 2 heterocycles. The van der Waals surface area contributed by atoms with Gasteiger partial charge < -0.3 is 15.7 Å². The maximum Gasteiger partial charge on any atom is 0.270 e. The Morgan fingerprint density at radius 1 is 1.18 bits per heavy atom. The number of fused-ring (bicyclic) bond motifs is 1. The fourth-order valence-electron chi connectivity index (χ4n) is 3.09. The molecule has 1 aromatic carbocycles. The van der Waals surface area contributed by atoms with Gasteiger partial charge in [0.15, 0.2) is 0 Å². The zero-order valence-electron chi connectivity index (χ0n) is 16.2. The Labute approximate surface area is 163 Å². The van der Waals surface area contributed by atoms with Gasteiger partial charge in [-0.05, 0) is 56.5 Å². The van der Waals surface area contributed by atoms with E-state index in [1.807, 2.05) is 45.2 Å². The van der Waals surface area contributed by atoms with Gasteiger partial charge >= 0.3 is 0 Å². The number of rotatable bonds is 6. The molecular formula is C21H24N4O3. The van der Waals surface area contributed by atoms with Crippen LogP contribution in [0.4, 0.5) is 5.69 Å². The van der Waals surface area contributed by atoms with Gasteiger partial charge in [-0.2, -0.15) is 0 Å². The van der Waals surface area contributed by atoms with Crippen LogP contribution in [0.15, 0.2) is 36.5 Å². The lowest BCUT2D eigenvalue weighted by Crippen LogP contribution is -2.27. The predicted molar refractivity (Wildman–Crippen MR) is 108 cm³/mol. The molecule has 0 bridgehead atoms. The Bertz CT molecular complexity index is 1040. The summed E-state index contributed by atoms with van der Waals surface area (Å²) in [6.07, 6.45) is 2.54. The largest absolute Gasteiger partial charge is 0.506 e. The van der Waals surface area contributed by atoms with Crippen molar-refractivity contribution in [2.75, 3.05) is 11.9 Å². The maximum atomic E-state index is 12.6. The molecule has 7 heteroatoms. The lowest BCUT2D eigenvalue weighted by Gasteiger charge is -2.09. The van der Waals surface area contributed by atoms with Gasteiger partial charge in [-0.25, -0.2) is 4.98 Å². The molecule has 0 aliphatic carbocycles. The number of hydrogen-bond donors (Lipinski definition) is 3. The van der Waals surface area contributed by atoms with Gasteiger partial charge in [0.2, 0.25) is 5.91 Å². The Morgan fingerprint density at radius 3 is 2.71 bits per heavy atom. The number of carbonyl (C=O) groups is 2. The average molecular weight is 380 g/mol. The summed E-state index contributed by atoms with van der Waals surface area (Å²) in [5, 5.41) is 15.4. The molecular weight excluding hydrogens is 356 g/mol. The zero-order valence-corrected chi connectivity index (χ0v) is 16.2. The minimum absolute atomic E-state index is 0.0417. The van der Waals surface area contributed by atoms with E-state index in [-0.39, 0.29) is 24.0 Å². The number of phenolic OH excluding ortho intramolecular Hbond substituents is 1. The molecule has 28 heavy (non-hydrogen) atoms. The highest BCUT2D eigenvalue weighted by molar-refractivity contribution is 5.95. The highest BCUT2D eigenvalue weighted by Gasteiger charge is 2.17. The van der Waals surface area contributed by atoms with Gasteiger partial charge in [0.25, 0.3) is 5.91 Å². The number of aromatic hydroxyl groups is 1. The van der Waals surface area contributed by atoms with E-state index in [0.717, 1.165) is 16.8 Å². The first kappa shape index (κ1) is 19.4. The summed E-state index contributed by atoms with van der Waals surface area (Å²) in [7, 11) is 0. The van der Waals surface area contributed by atoms with Crippen molar-refractivity contribution in [3.05, 3.63) is 59.0 Å². The molecule has 3 aromatic rings. The number of aromatic nitrogens is 2. The van der Waals surface area contributed by atoms with Crippen LogP contribution < -0.4 is 10.6 Å². The van der Waals surface area contributed by atoms with Crippen LogP contribution in [0.5, 0.6) is 5.75 Å². The summed E-state index contributed by atoms with van der Waals surface area (Å²) in [5.74, 6) is -0.387. The van der Waals surface area contributed by atoms with Crippen LogP contribution in [-0.2, 0) is 4.79 Å². The van der Waals surface area contributed by atoms with Gasteiger partial charge in [-0.3, -0.25) is 14.0 Å². The number of pyridine rings is 1. The molecule has 7 nitrogen and oxygen atoms in total. The Morgan fingerprint density at radius 2 is 1.96 bits per heavy atom. The zero-order chi connectivity index (χ0) is 20.3. The fraction of sp³-hybridized carbons (Fsp3) is 0.286. The summed E-state index contributed by atoms with van der Waals surface area (Å²) in [5.41, 5.74) is 4.24. The molecule has 0 unspecified atom stereocenters. The number of amides is 2.